The van der Waals surface area contributed by atoms with Gasteiger partial charge in [0.2, 0.25) is 11.8 Å². The lowest BCUT2D eigenvalue weighted by molar-refractivity contribution is -0.133. The second kappa shape index (κ2) is 7.84. The van der Waals surface area contributed by atoms with E-state index < -0.39 is 0 Å². The number of nitrogens with one attached hydrogen (secondary N) is 1. The fourth-order valence-electron chi connectivity index (χ4n) is 3.91. The van der Waals surface area contributed by atoms with E-state index in [1.165, 1.54) is 0 Å². The minimum absolute atomic E-state index is 0.0566. The Bertz CT molecular complexity index is 908. The number of likely N-dealkylation sites (tertiary alicyclic amines) is 1. The van der Waals surface area contributed by atoms with Crippen LogP contribution in [0.15, 0.2) is 36.4 Å². The highest BCUT2D eigenvalue weighted by molar-refractivity contribution is 6.31. The first kappa shape index (κ1) is 18.8. The molecule has 1 unspecified atom stereocenters. The first-order chi connectivity index (χ1) is 13.5. The Hall–Kier alpha value is -2.53. The second-order valence-corrected chi connectivity index (χ2v) is 7.88. The number of nitrogens with zero attached hydrogens (tertiary/aromatic N) is 1. The molecule has 6 heteroatoms. The predicted molar refractivity (Wildman–Crippen MR) is 108 cm³/mol. The van der Waals surface area contributed by atoms with Gasteiger partial charge in [-0.3, -0.25) is 9.59 Å². The van der Waals surface area contributed by atoms with E-state index >= 15 is 0 Å². The van der Waals surface area contributed by atoms with Gasteiger partial charge >= 0.3 is 0 Å². The topological polar surface area (TPSA) is 58.6 Å². The maximum Gasteiger partial charge on any atom is 0.240 e. The molecule has 2 aromatic rings. The van der Waals surface area contributed by atoms with Gasteiger partial charge in [-0.2, -0.15) is 0 Å². The summed E-state index contributed by atoms with van der Waals surface area (Å²) in [5, 5.41) is 3.78. The second-order valence-electron chi connectivity index (χ2n) is 7.45. The third-order valence-corrected chi connectivity index (χ3v) is 5.48. The molecule has 1 N–H and O–H groups in total. The average molecular weight is 399 g/mol. The van der Waals surface area contributed by atoms with Gasteiger partial charge in [-0.05, 0) is 54.3 Å². The summed E-state index contributed by atoms with van der Waals surface area (Å²) in [5.74, 6) is 0.717. The van der Waals surface area contributed by atoms with Crippen LogP contribution in [-0.2, 0) is 9.59 Å². The molecule has 0 aromatic heterocycles. The molecule has 146 valence electrons. The highest BCUT2D eigenvalue weighted by atomic mass is 35.5. The summed E-state index contributed by atoms with van der Waals surface area (Å²) in [7, 11) is 0. The predicted octanol–water partition coefficient (Wildman–Crippen LogP) is 3.88. The molecule has 4 rings (SSSR count). The van der Waals surface area contributed by atoms with E-state index in [1.54, 1.807) is 4.90 Å². The molecule has 1 fully saturated rings. The summed E-state index contributed by atoms with van der Waals surface area (Å²) >= 11 is 6.22. The molecule has 1 saturated heterocycles. The zero-order valence-corrected chi connectivity index (χ0v) is 16.6. The Morgan fingerprint density at radius 3 is 2.86 bits per heavy atom. The summed E-state index contributed by atoms with van der Waals surface area (Å²) in [5.41, 5.74) is 4.12. The van der Waals surface area contributed by atoms with E-state index in [-0.39, 0.29) is 24.4 Å². The lowest BCUT2D eigenvalue weighted by atomic mass is 9.95. The number of hydrogen-bond acceptors (Lipinski definition) is 3. The van der Waals surface area contributed by atoms with Crippen molar-refractivity contribution >= 4 is 23.4 Å². The molecule has 0 aliphatic carbocycles. The van der Waals surface area contributed by atoms with Gasteiger partial charge < -0.3 is 15.0 Å². The quantitative estimate of drug-likeness (QED) is 0.850. The molecular weight excluding hydrogens is 376 g/mol. The molecule has 0 radical (unpaired) electrons. The van der Waals surface area contributed by atoms with E-state index in [0.717, 1.165) is 34.4 Å². The van der Waals surface area contributed by atoms with E-state index in [1.807, 2.05) is 31.2 Å². The molecule has 2 amide bonds. The maximum atomic E-state index is 12.5. The van der Waals surface area contributed by atoms with Gasteiger partial charge in [-0.25, -0.2) is 0 Å². The van der Waals surface area contributed by atoms with Gasteiger partial charge in [0.25, 0.3) is 0 Å². The van der Waals surface area contributed by atoms with Gasteiger partial charge in [-0.15, -0.1) is 0 Å². The molecule has 2 aliphatic rings. The van der Waals surface area contributed by atoms with Crippen molar-refractivity contribution in [3.8, 4) is 16.9 Å². The van der Waals surface area contributed by atoms with Crippen molar-refractivity contribution in [3.63, 3.8) is 0 Å². The van der Waals surface area contributed by atoms with Crippen molar-refractivity contribution in [2.45, 2.75) is 32.2 Å². The zero-order valence-electron chi connectivity index (χ0n) is 15.8. The number of ether oxygens (including phenoxy) is 1. The lowest BCUT2D eigenvalue weighted by Crippen LogP contribution is -2.40. The van der Waals surface area contributed by atoms with E-state index in [4.69, 9.17) is 16.3 Å². The highest BCUT2D eigenvalue weighted by Gasteiger charge is 2.27. The van der Waals surface area contributed by atoms with Crippen LogP contribution < -0.4 is 10.1 Å². The standard InChI is InChI=1S/C22H23ClN2O3/c1-14-9-16(11-17(23)10-14)15-4-5-20-18(12-15)19(6-8-28-20)24-21(26)13-25-7-2-3-22(25)27/h4-5,9-12,19H,2-3,6-8,13H2,1H3,(H,24,26). The fraction of sp³-hybridized carbons (Fsp3) is 0.364. The van der Waals surface area contributed by atoms with Gasteiger partial charge in [-0.1, -0.05) is 23.7 Å². The molecule has 0 spiro atoms. The van der Waals surface area contributed by atoms with Crippen LogP contribution in [0.4, 0.5) is 0 Å². The van der Waals surface area contributed by atoms with Crippen LogP contribution >= 0.6 is 11.6 Å². The van der Waals surface area contributed by atoms with Crippen LogP contribution in [0.1, 0.15) is 36.4 Å². The Labute approximate surface area is 169 Å². The van der Waals surface area contributed by atoms with E-state index in [9.17, 15) is 9.59 Å². The number of benzene rings is 2. The largest absolute Gasteiger partial charge is 0.493 e. The SMILES string of the molecule is Cc1cc(Cl)cc(-c2ccc3c(c2)C(NC(=O)CN2CCCC2=O)CCO3)c1. The van der Waals surface area contributed by atoms with Crippen molar-refractivity contribution in [1.82, 2.24) is 10.2 Å². The number of rotatable bonds is 4. The van der Waals surface area contributed by atoms with E-state index in [2.05, 4.69) is 17.4 Å². The number of amides is 2. The van der Waals surface area contributed by atoms with Crippen LogP contribution in [0, 0.1) is 6.92 Å². The minimum Gasteiger partial charge on any atom is -0.493 e. The van der Waals surface area contributed by atoms with Crippen molar-refractivity contribution < 1.29 is 14.3 Å². The molecule has 0 saturated carbocycles. The molecule has 28 heavy (non-hydrogen) atoms. The Balaban J connectivity index is 1.55. The van der Waals surface area contributed by atoms with Crippen molar-refractivity contribution in [2.75, 3.05) is 19.7 Å². The third kappa shape index (κ3) is 3.99. The van der Waals surface area contributed by atoms with Crippen LogP contribution in [0.25, 0.3) is 11.1 Å². The summed E-state index contributed by atoms with van der Waals surface area (Å²) in [6, 6.07) is 11.8. The Kier molecular flexibility index (Phi) is 5.27. The van der Waals surface area contributed by atoms with Crippen molar-refractivity contribution in [1.29, 1.82) is 0 Å². The molecule has 0 bridgehead atoms. The summed E-state index contributed by atoms with van der Waals surface area (Å²) in [6.45, 7) is 3.35. The zero-order chi connectivity index (χ0) is 19.7. The fourth-order valence-corrected chi connectivity index (χ4v) is 4.20. The van der Waals surface area contributed by atoms with E-state index in [0.29, 0.717) is 31.0 Å². The van der Waals surface area contributed by atoms with Crippen molar-refractivity contribution in [3.05, 3.63) is 52.5 Å². The van der Waals surface area contributed by atoms with Crippen LogP contribution in [0.5, 0.6) is 5.75 Å². The third-order valence-electron chi connectivity index (χ3n) is 5.27. The molecule has 5 nitrogen and oxygen atoms in total. The van der Waals surface area contributed by atoms with Crippen LogP contribution in [0.2, 0.25) is 5.02 Å². The smallest absolute Gasteiger partial charge is 0.240 e. The molecule has 2 aliphatic heterocycles. The monoisotopic (exact) mass is 398 g/mol. The normalized spacial score (nSPS) is 18.6. The molecule has 1 atom stereocenters. The first-order valence-electron chi connectivity index (χ1n) is 9.61. The summed E-state index contributed by atoms with van der Waals surface area (Å²) < 4.78 is 5.78. The average Bonchev–Trinajstić information content (AvgIpc) is 3.05. The van der Waals surface area contributed by atoms with Gasteiger partial charge in [0.15, 0.2) is 0 Å². The molecule has 2 aromatic carbocycles. The number of aryl methyl sites for hydroxylation is 1. The summed E-state index contributed by atoms with van der Waals surface area (Å²) in [4.78, 5) is 25.9. The Morgan fingerprint density at radius 2 is 2.11 bits per heavy atom. The number of fused-ring (bicyclic) bond motifs is 1. The molecular formula is C22H23ClN2O3. The minimum atomic E-state index is -0.130. The summed E-state index contributed by atoms with van der Waals surface area (Å²) in [6.07, 6.45) is 2.06. The Morgan fingerprint density at radius 1 is 1.25 bits per heavy atom. The maximum absolute atomic E-state index is 12.5. The van der Waals surface area contributed by atoms with Crippen molar-refractivity contribution in [2.24, 2.45) is 0 Å². The van der Waals surface area contributed by atoms with Gasteiger partial charge in [0.1, 0.15) is 5.75 Å². The van der Waals surface area contributed by atoms with Crippen LogP contribution in [-0.4, -0.2) is 36.4 Å². The number of carbonyl (C=O) groups excluding carboxylic acids is 2. The van der Waals surface area contributed by atoms with Gasteiger partial charge in [0, 0.05) is 30.0 Å². The highest BCUT2D eigenvalue weighted by Crippen LogP contribution is 2.36. The number of hydrogen-bond donors (Lipinski definition) is 1. The van der Waals surface area contributed by atoms with Gasteiger partial charge in [0.05, 0.1) is 19.2 Å². The first-order valence-corrected chi connectivity index (χ1v) is 9.99. The van der Waals surface area contributed by atoms with Crippen LogP contribution in [0.3, 0.4) is 0 Å². The number of halogens is 1. The lowest BCUT2D eigenvalue weighted by Gasteiger charge is -2.28. The molecule has 2 heterocycles. The number of carbonyl (C=O) groups is 2.